The van der Waals surface area contributed by atoms with Gasteiger partial charge in [0.1, 0.15) is 10.6 Å². The second-order valence-corrected chi connectivity index (χ2v) is 9.26. The van der Waals surface area contributed by atoms with E-state index in [4.69, 9.17) is 9.72 Å². The van der Waals surface area contributed by atoms with Crippen LogP contribution in [0.2, 0.25) is 0 Å². The van der Waals surface area contributed by atoms with Gasteiger partial charge in [0.2, 0.25) is 5.95 Å². The maximum atomic E-state index is 13.7. The van der Waals surface area contributed by atoms with Gasteiger partial charge in [-0.05, 0) is 55.5 Å². The van der Waals surface area contributed by atoms with E-state index in [0.717, 1.165) is 68.7 Å². The number of anilines is 1. The quantitative estimate of drug-likeness (QED) is 0.612. The topological polar surface area (TPSA) is 59.4 Å². The molecule has 1 aliphatic heterocycles. The number of nitrogens with one attached hydrogen (secondary N) is 1. The summed E-state index contributed by atoms with van der Waals surface area (Å²) in [5.74, 6) is 0.200. The van der Waals surface area contributed by atoms with E-state index in [1.54, 1.807) is 28.0 Å². The first-order chi connectivity index (χ1) is 15.2. The average Bonchev–Trinajstić information content (AvgIpc) is 2.97. The van der Waals surface area contributed by atoms with Crippen LogP contribution >= 0.6 is 11.3 Å². The van der Waals surface area contributed by atoms with Crippen molar-refractivity contribution < 1.29 is 9.13 Å². The van der Waals surface area contributed by atoms with Gasteiger partial charge in [-0.2, -0.15) is 0 Å². The van der Waals surface area contributed by atoms with Gasteiger partial charge in [-0.25, -0.2) is 13.9 Å². The molecule has 0 amide bonds. The van der Waals surface area contributed by atoms with Gasteiger partial charge in [-0.1, -0.05) is 6.42 Å². The summed E-state index contributed by atoms with van der Waals surface area (Å²) in [6, 6.07) is 6.06. The Hall–Kier alpha value is -2.29. The van der Waals surface area contributed by atoms with Gasteiger partial charge < -0.3 is 10.1 Å². The molecule has 2 aliphatic rings. The number of rotatable bonds is 5. The first kappa shape index (κ1) is 20.6. The van der Waals surface area contributed by atoms with Crippen molar-refractivity contribution in [1.82, 2.24) is 14.5 Å². The second kappa shape index (κ2) is 9.06. The predicted molar refractivity (Wildman–Crippen MR) is 122 cm³/mol. The van der Waals surface area contributed by atoms with Crippen LogP contribution in [0.5, 0.6) is 0 Å². The summed E-state index contributed by atoms with van der Waals surface area (Å²) in [4.78, 5) is 23.0. The summed E-state index contributed by atoms with van der Waals surface area (Å²) in [5.41, 5.74) is 1.74. The molecule has 0 spiro atoms. The molecule has 0 radical (unpaired) electrons. The van der Waals surface area contributed by atoms with Crippen LogP contribution in [0.25, 0.3) is 15.9 Å². The highest BCUT2D eigenvalue weighted by molar-refractivity contribution is 7.18. The molecule has 0 saturated carbocycles. The van der Waals surface area contributed by atoms with Gasteiger partial charge in [0.15, 0.2) is 0 Å². The number of aromatic nitrogens is 2. The fraction of sp³-hybridized carbons (Fsp3) is 0.478. The van der Waals surface area contributed by atoms with Crippen molar-refractivity contribution in [1.29, 1.82) is 0 Å². The Morgan fingerprint density at radius 1 is 1.10 bits per heavy atom. The van der Waals surface area contributed by atoms with Crippen molar-refractivity contribution in [2.24, 2.45) is 0 Å². The van der Waals surface area contributed by atoms with Crippen molar-refractivity contribution in [3.8, 4) is 5.69 Å². The fourth-order valence-electron chi connectivity index (χ4n) is 4.48. The Morgan fingerprint density at radius 3 is 2.68 bits per heavy atom. The number of hydrogen-bond acceptors (Lipinski definition) is 6. The van der Waals surface area contributed by atoms with Gasteiger partial charge in [-0.15, -0.1) is 11.3 Å². The molecule has 1 fully saturated rings. The van der Waals surface area contributed by atoms with E-state index in [2.05, 4.69) is 10.2 Å². The highest BCUT2D eigenvalue weighted by atomic mass is 32.1. The monoisotopic (exact) mass is 442 g/mol. The first-order valence-electron chi connectivity index (χ1n) is 11.1. The standard InChI is InChI=1S/C23H27FN4O2S/c24-16-6-8-17(9-7-16)28-22(29)20-18-4-2-1-3-5-19(18)31-21(20)26-23(28)25-10-11-27-12-14-30-15-13-27/h6-9H,1-5,10-15H2,(H,25,26). The summed E-state index contributed by atoms with van der Waals surface area (Å²) in [5, 5.41) is 4.12. The molecule has 164 valence electrons. The Bertz CT molecular complexity index is 1120. The van der Waals surface area contributed by atoms with Crippen molar-refractivity contribution >= 4 is 27.5 Å². The molecule has 31 heavy (non-hydrogen) atoms. The van der Waals surface area contributed by atoms with Crippen LogP contribution in [0.4, 0.5) is 10.3 Å². The molecule has 3 heterocycles. The highest BCUT2D eigenvalue weighted by Crippen LogP contribution is 2.34. The zero-order valence-corrected chi connectivity index (χ0v) is 18.3. The van der Waals surface area contributed by atoms with Crippen molar-refractivity contribution in [3.63, 3.8) is 0 Å². The normalized spacial score (nSPS) is 17.5. The lowest BCUT2D eigenvalue weighted by Crippen LogP contribution is -2.39. The highest BCUT2D eigenvalue weighted by Gasteiger charge is 2.22. The van der Waals surface area contributed by atoms with Gasteiger partial charge in [0.25, 0.3) is 5.56 Å². The van der Waals surface area contributed by atoms with Gasteiger partial charge >= 0.3 is 0 Å². The SMILES string of the molecule is O=c1c2c3c(sc2nc(NCCN2CCOCC2)n1-c1ccc(F)cc1)CCCCC3. The summed E-state index contributed by atoms with van der Waals surface area (Å²) in [6.07, 6.45) is 5.42. The van der Waals surface area contributed by atoms with Crippen LogP contribution in [-0.2, 0) is 17.6 Å². The van der Waals surface area contributed by atoms with E-state index in [1.807, 2.05) is 0 Å². The van der Waals surface area contributed by atoms with Crippen LogP contribution in [0.15, 0.2) is 29.1 Å². The van der Waals surface area contributed by atoms with E-state index in [0.29, 0.717) is 18.2 Å². The third-order valence-corrected chi connectivity index (χ3v) is 7.32. The van der Waals surface area contributed by atoms with Crippen molar-refractivity contribution in [3.05, 3.63) is 50.9 Å². The van der Waals surface area contributed by atoms with Crippen LogP contribution in [-0.4, -0.2) is 53.8 Å². The maximum absolute atomic E-state index is 13.7. The second-order valence-electron chi connectivity index (χ2n) is 8.18. The third kappa shape index (κ3) is 4.24. The van der Waals surface area contributed by atoms with Crippen LogP contribution in [0.3, 0.4) is 0 Å². The number of ether oxygens (including phenoxy) is 1. The molecule has 0 unspecified atom stereocenters. The molecule has 1 saturated heterocycles. The number of halogens is 1. The molecule has 8 heteroatoms. The van der Waals surface area contributed by atoms with Crippen LogP contribution < -0.4 is 10.9 Å². The van der Waals surface area contributed by atoms with Crippen molar-refractivity contribution in [2.75, 3.05) is 44.7 Å². The lowest BCUT2D eigenvalue weighted by atomic mass is 10.1. The van der Waals surface area contributed by atoms with E-state index < -0.39 is 0 Å². The average molecular weight is 443 g/mol. The van der Waals surface area contributed by atoms with Gasteiger partial charge in [-0.3, -0.25) is 9.69 Å². The number of benzene rings is 1. The minimum Gasteiger partial charge on any atom is -0.379 e. The molecule has 1 aromatic carbocycles. The van der Waals surface area contributed by atoms with Crippen LogP contribution in [0, 0.1) is 5.82 Å². The number of nitrogens with zero attached hydrogens (tertiary/aromatic N) is 3. The largest absolute Gasteiger partial charge is 0.379 e. The Labute approximate surface area is 184 Å². The molecule has 1 aliphatic carbocycles. The molecule has 6 nitrogen and oxygen atoms in total. The lowest BCUT2D eigenvalue weighted by Gasteiger charge is -2.26. The molecule has 1 N–H and O–H groups in total. The van der Waals surface area contributed by atoms with E-state index in [-0.39, 0.29) is 11.4 Å². The fourth-order valence-corrected chi connectivity index (χ4v) is 5.73. The number of morpholine rings is 1. The van der Waals surface area contributed by atoms with Gasteiger partial charge in [0.05, 0.1) is 24.3 Å². The van der Waals surface area contributed by atoms with E-state index in [1.165, 1.54) is 29.0 Å². The minimum absolute atomic E-state index is 0.0649. The third-order valence-electron chi connectivity index (χ3n) is 6.14. The molecule has 5 rings (SSSR count). The molecule has 3 aromatic rings. The number of hydrogen-bond donors (Lipinski definition) is 1. The zero-order valence-electron chi connectivity index (χ0n) is 17.5. The predicted octanol–water partition coefficient (Wildman–Crippen LogP) is 3.60. The first-order valence-corrected chi connectivity index (χ1v) is 11.9. The molecule has 0 bridgehead atoms. The van der Waals surface area contributed by atoms with E-state index in [9.17, 15) is 9.18 Å². The zero-order chi connectivity index (χ0) is 21.2. The summed E-state index contributed by atoms with van der Waals surface area (Å²) in [6.45, 7) is 4.86. The summed E-state index contributed by atoms with van der Waals surface area (Å²) in [7, 11) is 0. The Balaban J connectivity index is 1.54. The maximum Gasteiger partial charge on any atom is 0.268 e. The smallest absolute Gasteiger partial charge is 0.268 e. The van der Waals surface area contributed by atoms with Crippen LogP contribution in [0.1, 0.15) is 29.7 Å². The number of fused-ring (bicyclic) bond motifs is 3. The molecular formula is C23H27FN4O2S. The van der Waals surface area contributed by atoms with Gasteiger partial charge in [0, 0.05) is 31.1 Å². The Morgan fingerprint density at radius 2 is 1.87 bits per heavy atom. The number of thiophene rings is 1. The summed E-state index contributed by atoms with van der Waals surface area (Å²) < 4.78 is 20.6. The summed E-state index contributed by atoms with van der Waals surface area (Å²) >= 11 is 1.66. The molecule has 0 atom stereocenters. The van der Waals surface area contributed by atoms with E-state index >= 15 is 0 Å². The molecule has 2 aromatic heterocycles. The van der Waals surface area contributed by atoms with Crippen molar-refractivity contribution in [2.45, 2.75) is 32.1 Å². The number of aryl methyl sites for hydroxylation is 2. The minimum atomic E-state index is -0.322. The molecular weight excluding hydrogens is 415 g/mol. The lowest BCUT2D eigenvalue weighted by molar-refractivity contribution is 0.0398. The Kier molecular flexibility index (Phi) is 6.02.